The largest absolute Gasteiger partial charge is 0.487 e. The number of hydrogen-bond acceptors (Lipinski definition) is 3. The molecule has 1 heterocycles. The van der Waals surface area contributed by atoms with Gasteiger partial charge in [0, 0.05) is 21.5 Å². The van der Waals surface area contributed by atoms with Crippen molar-refractivity contribution in [2.75, 3.05) is 0 Å². The molecule has 0 amide bonds. The van der Waals surface area contributed by atoms with Crippen LogP contribution in [0.5, 0.6) is 5.75 Å². The van der Waals surface area contributed by atoms with Crippen LogP contribution in [0.3, 0.4) is 0 Å². The average Bonchev–Trinajstić information content (AvgIpc) is 2.48. The summed E-state index contributed by atoms with van der Waals surface area (Å²) in [6.45, 7) is 4.25. The zero-order valence-electron chi connectivity index (χ0n) is 12.7. The first-order valence-corrected chi connectivity index (χ1v) is 8.23. The van der Waals surface area contributed by atoms with Gasteiger partial charge in [-0.05, 0) is 55.3 Å². The Morgan fingerprint density at radius 3 is 2.61 bits per heavy atom. The molecule has 0 saturated carbocycles. The van der Waals surface area contributed by atoms with Crippen molar-refractivity contribution in [1.82, 2.24) is 0 Å². The summed E-state index contributed by atoms with van der Waals surface area (Å²) in [5.74, 6) is 0.570. The summed E-state index contributed by atoms with van der Waals surface area (Å²) < 4.78 is 11.9. The number of fused-ring (bicyclic) bond motifs is 1. The molecule has 5 heteroatoms. The zero-order chi connectivity index (χ0) is 16.6. The third-order valence-electron chi connectivity index (χ3n) is 3.72. The lowest BCUT2D eigenvalue weighted by atomic mass is 10.0. The van der Waals surface area contributed by atoms with E-state index in [-0.39, 0.29) is 12.2 Å². The van der Waals surface area contributed by atoms with Crippen LogP contribution in [0.25, 0.3) is 11.0 Å². The molecule has 0 saturated heterocycles. The number of hydrogen-bond donors (Lipinski definition) is 0. The third kappa shape index (κ3) is 3.43. The van der Waals surface area contributed by atoms with Gasteiger partial charge in [-0.25, -0.2) is 4.79 Å². The summed E-state index contributed by atoms with van der Waals surface area (Å²) in [4.78, 5) is 11.8. The Balaban J connectivity index is 1.99. The minimum Gasteiger partial charge on any atom is -0.487 e. The van der Waals surface area contributed by atoms with E-state index < -0.39 is 0 Å². The van der Waals surface area contributed by atoms with E-state index in [9.17, 15) is 4.79 Å². The number of benzene rings is 2. The highest BCUT2D eigenvalue weighted by Gasteiger charge is 2.10. The van der Waals surface area contributed by atoms with Crippen LogP contribution in [0.4, 0.5) is 0 Å². The zero-order valence-corrected chi connectivity index (χ0v) is 15.0. The first-order chi connectivity index (χ1) is 10.9. The molecule has 0 spiro atoms. The Bertz CT molecular complexity index is 947. The van der Waals surface area contributed by atoms with Crippen LogP contribution >= 0.6 is 27.5 Å². The van der Waals surface area contributed by atoms with Crippen LogP contribution < -0.4 is 10.4 Å². The van der Waals surface area contributed by atoms with Crippen molar-refractivity contribution in [3.05, 3.63) is 73.0 Å². The fourth-order valence-corrected chi connectivity index (χ4v) is 3.08. The van der Waals surface area contributed by atoms with Gasteiger partial charge in [0.1, 0.15) is 17.9 Å². The van der Waals surface area contributed by atoms with Crippen LogP contribution in [0.15, 0.2) is 50.1 Å². The maximum Gasteiger partial charge on any atom is 0.336 e. The Morgan fingerprint density at radius 1 is 1.13 bits per heavy atom. The lowest BCUT2D eigenvalue weighted by Crippen LogP contribution is -2.04. The Kier molecular flexibility index (Phi) is 4.46. The molecule has 0 N–H and O–H groups in total. The lowest BCUT2D eigenvalue weighted by molar-refractivity contribution is 0.307. The van der Waals surface area contributed by atoms with E-state index in [0.717, 1.165) is 26.5 Å². The van der Waals surface area contributed by atoms with Gasteiger partial charge in [-0.15, -0.1) is 0 Å². The van der Waals surface area contributed by atoms with E-state index in [0.29, 0.717) is 16.4 Å². The lowest BCUT2D eigenvalue weighted by Gasteiger charge is -2.11. The average molecular weight is 394 g/mol. The second-order valence-corrected chi connectivity index (χ2v) is 6.71. The molecule has 3 aromatic rings. The molecule has 2 aromatic carbocycles. The van der Waals surface area contributed by atoms with Gasteiger partial charge in [0.25, 0.3) is 0 Å². The van der Waals surface area contributed by atoms with Crippen molar-refractivity contribution >= 4 is 38.5 Å². The Labute approximate surface area is 147 Å². The van der Waals surface area contributed by atoms with Crippen molar-refractivity contribution in [2.45, 2.75) is 20.5 Å². The number of halogens is 2. The minimum absolute atomic E-state index is 0.242. The first kappa shape index (κ1) is 16.1. The predicted octanol–water partition coefficient (Wildman–Crippen LogP) is 5.40. The molecule has 118 valence electrons. The minimum atomic E-state index is -0.388. The van der Waals surface area contributed by atoms with Crippen LogP contribution in [0.2, 0.25) is 5.02 Å². The number of rotatable bonds is 3. The van der Waals surface area contributed by atoms with Crippen LogP contribution in [-0.2, 0) is 6.61 Å². The molecule has 0 radical (unpaired) electrons. The maximum atomic E-state index is 11.8. The van der Waals surface area contributed by atoms with Gasteiger partial charge in [0.15, 0.2) is 0 Å². The highest BCUT2D eigenvalue weighted by molar-refractivity contribution is 9.10. The molecule has 3 rings (SSSR count). The van der Waals surface area contributed by atoms with Crippen LogP contribution in [0, 0.1) is 13.8 Å². The predicted molar refractivity (Wildman–Crippen MR) is 95.4 cm³/mol. The smallest absolute Gasteiger partial charge is 0.336 e. The molecule has 0 bridgehead atoms. The van der Waals surface area contributed by atoms with Crippen molar-refractivity contribution in [1.29, 1.82) is 0 Å². The molecule has 0 aliphatic heterocycles. The van der Waals surface area contributed by atoms with Gasteiger partial charge < -0.3 is 9.15 Å². The van der Waals surface area contributed by atoms with Crippen molar-refractivity contribution in [3.8, 4) is 5.75 Å². The van der Waals surface area contributed by atoms with Crippen molar-refractivity contribution in [2.24, 2.45) is 0 Å². The van der Waals surface area contributed by atoms with Crippen LogP contribution in [0.1, 0.15) is 16.7 Å². The van der Waals surface area contributed by atoms with Gasteiger partial charge in [0.05, 0.1) is 5.02 Å². The summed E-state index contributed by atoms with van der Waals surface area (Å²) in [6.07, 6.45) is 0. The highest BCUT2D eigenvalue weighted by atomic mass is 79.9. The van der Waals surface area contributed by atoms with Gasteiger partial charge in [0.2, 0.25) is 0 Å². The molecule has 1 aromatic heterocycles. The van der Waals surface area contributed by atoms with E-state index in [4.69, 9.17) is 20.8 Å². The van der Waals surface area contributed by atoms with E-state index in [1.807, 2.05) is 32.0 Å². The second kappa shape index (κ2) is 6.38. The summed E-state index contributed by atoms with van der Waals surface area (Å²) in [5.41, 5.74) is 3.17. The SMILES string of the molecule is Cc1cc2oc(=O)cc(COc3ccc(Br)cc3Cl)c2cc1C. The van der Waals surface area contributed by atoms with Gasteiger partial charge in [-0.2, -0.15) is 0 Å². The Morgan fingerprint density at radius 2 is 1.87 bits per heavy atom. The Hall–Kier alpha value is -1.78. The summed E-state index contributed by atoms with van der Waals surface area (Å²) in [6, 6.07) is 10.8. The fourth-order valence-electron chi connectivity index (χ4n) is 2.35. The summed E-state index contributed by atoms with van der Waals surface area (Å²) >= 11 is 9.51. The van der Waals surface area contributed by atoms with Crippen molar-refractivity contribution in [3.63, 3.8) is 0 Å². The fraction of sp³-hybridized carbons (Fsp3) is 0.167. The first-order valence-electron chi connectivity index (χ1n) is 7.06. The molecule has 3 nitrogen and oxygen atoms in total. The summed E-state index contributed by atoms with van der Waals surface area (Å²) in [5, 5.41) is 1.39. The maximum absolute atomic E-state index is 11.8. The molecule has 0 aliphatic carbocycles. The van der Waals surface area contributed by atoms with E-state index >= 15 is 0 Å². The molecular formula is C18H14BrClO3. The highest BCUT2D eigenvalue weighted by Crippen LogP contribution is 2.29. The van der Waals surface area contributed by atoms with E-state index in [1.165, 1.54) is 6.07 Å². The topological polar surface area (TPSA) is 39.4 Å². The van der Waals surface area contributed by atoms with Gasteiger partial charge in [-0.1, -0.05) is 27.5 Å². The molecule has 0 aliphatic rings. The van der Waals surface area contributed by atoms with Gasteiger partial charge in [-0.3, -0.25) is 0 Å². The van der Waals surface area contributed by atoms with Crippen molar-refractivity contribution < 1.29 is 9.15 Å². The normalized spacial score (nSPS) is 11.0. The van der Waals surface area contributed by atoms with E-state index in [2.05, 4.69) is 15.9 Å². The number of aryl methyl sites for hydroxylation is 2. The molecule has 0 fully saturated rings. The molecule has 0 unspecified atom stereocenters. The standard InChI is InChI=1S/C18H14BrClO3/c1-10-5-14-12(7-18(21)23-17(14)6-11(10)2)9-22-16-4-3-13(19)8-15(16)20/h3-8H,9H2,1-2H3. The van der Waals surface area contributed by atoms with Crippen LogP contribution in [-0.4, -0.2) is 0 Å². The third-order valence-corrected chi connectivity index (χ3v) is 4.51. The second-order valence-electron chi connectivity index (χ2n) is 5.39. The quantitative estimate of drug-likeness (QED) is 0.559. The monoisotopic (exact) mass is 392 g/mol. The molecule has 23 heavy (non-hydrogen) atoms. The molecule has 0 atom stereocenters. The summed E-state index contributed by atoms with van der Waals surface area (Å²) in [7, 11) is 0. The van der Waals surface area contributed by atoms with E-state index in [1.54, 1.807) is 12.1 Å². The number of ether oxygens (including phenoxy) is 1. The van der Waals surface area contributed by atoms with Gasteiger partial charge >= 0.3 is 5.63 Å². The molecular weight excluding hydrogens is 380 g/mol.